The Morgan fingerprint density at radius 3 is 2.58 bits per heavy atom. The van der Waals surface area contributed by atoms with Crippen molar-refractivity contribution >= 4 is 28.8 Å². The molecule has 0 spiro atoms. The molecule has 3 rings (SSSR count). The maximum atomic E-state index is 12.1. The molecule has 3 aromatic rings. The molecule has 7 heteroatoms. The van der Waals surface area contributed by atoms with Gasteiger partial charge in [0.15, 0.2) is 0 Å². The zero-order valence-corrected chi connectivity index (χ0v) is 15.0. The van der Waals surface area contributed by atoms with Gasteiger partial charge in [-0.1, -0.05) is 6.07 Å². The molecule has 2 N–H and O–H groups in total. The second-order valence-corrected chi connectivity index (χ2v) is 6.54. The summed E-state index contributed by atoms with van der Waals surface area (Å²) in [6.45, 7) is 1.88. The molecule has 2 aromatic heterocycles. The van der Waals surface area contributed by atoms with Crippen molar-refractivity contribution in [1.82, 2.24) is 15.3 Å². The lowest BCUT2D eigenvalue weighted by molar-refractivity contribution is -0.120. The van der Waals surface area contributed by atoms with Gasteiger partial charge in [0, 0.05) is 29.8 Å². The molecule has 2 heterocycles. The summed E-state index contributed by atoms with van der Waals surface area (Å²) >= 11 is 1.49. The van der Waals surface area contributed by atoms with Gasteiger partial charge in [-0.15, -0.1) is 11.3 Å². The average Bonchev–Trinajstić information content (AvgIpc) is 3.09. The van der Waals surface area contributed by atoms with Crippen molar-refractivity contribution in [2.75, 3.05) is 5.32 Å². The molecule has 0 radical (unpaired) electrons. The second kappa shape index (κ2) is 8.35. The van der Waals surface area contributed by atoms with Gasteiger partial charge in [-0.05, 0) is 36.4 Å². The smallest absolute Gasteiger partial charge is 0.226 e. The largest absolute Gasteiger partial charge is 0.350 e. The molecule has 0 aliphatic heterocycles. The molecular weight excluding hydrogens is 348 g/mol. The van der Waals surface area contributed by atoms with Crippen LogP contribution >= 0.6 is 11.3 Å². The van der Waals surface area contributed by atoms with Gasteiger partial charge in [0.05, 0.1) is 24.4 Å². The van der Waals surface area contributed by atoms with Crippen LogP contribution in [0.4, 0.5) is 5.69 Å². The van der Waals surface area contributed by atoms with Crippen LogP contribution in [-0.2, 0) is 22.6 Å². The zero-order valence-electron chi connectivity index (χ0n) is 14.2. The molecule has 0 saturated carbocycles. The summed E-state index contributed by atoms with van der Waals surface area (Å²) in [4.78, 5) is 31.8. The van der Waals surface area contributed by atoms with Gasteiger partial charge in [0.1, 0.15) is 5.01 Å². The summed E-state index contributed by atoms with van der Waals surface area (Å²) in [6, 6.07) is 13.0. The minimum absolute atomic E-state index is 0.0893. The van der Waals surface area contributed by atoms with E-state index in [2.05, 4.69) is 20.6 Å². The molecule has 1 aromatic carbocycles. The number of anilines is 1. The Bertz CT molecular complexity index is 891. The number of amides is 2. The van der Waals surface area contributed by atoms with Crippen LogP contribution in [-0.4, -0.2) is 21.8 Å². The Labute approximate surface area is 155 Å². The number of carbonyl (C=O) groups is 2. The van der Waals surface area contributed by atoms with Crippen molar-refractivity contribution in [3.05, 3.63) is 65.4 Å². The third-order valence-corrected chi connectivity index (χ3v) is 4.48. The van der Waals surface area contributed by atoms with Gasteiger partial charge in [-0.3, -0.25) is 14.6 Å². The van der Waals surface area contributed by atoms with E-state index in [4.69, 9.17) is 0 Å². The van der Waals surface area contributed by atoms with Crippen molar-refractivity contribution in [1.29, 1.82) is 0 Å². The van der Waals surface area contributed by atoms with Gasteiger partial charge < -0.3 is 10.6 Å². The Kier molecular flexibility index (Phi) is 5.70. The van der Waals surface area contributed by atoms with Crippen molar-refractivity contribution in [2.45, 2.75) is 19.9 Å². The quantitative estimate of drug-likeness (QED) is 0.702. The monoisotopic (exact) mass is 366 g/mol. The topological polar surface area (TPSA) is 84.0 Å². The number of hydrogen-bond donors (Lipinski definition) is 2. The second-order valence-electron chi connectivity index (χ2n) is 5.68. The third kappa shape index (κ3) is 4.97. The lowest BCUT2D eigenvalue weighted by Crippen LogP contribution is -2.25. The first-order chi connectivity index (χ1) is 12.6. The molecule has 0 saturated heterocycles. The number of carbonyl (C=O) groups excluding carboxylic acids is 2. The van der Waals surface area contributed by atoms with E-state index < -0.39 is 0 Å². The lowest BCUT2D eigenvalue weighted by Gasteiger charge is -2.03. The summed E-state index contributed by atoms with van der Waals surface area (Å²) in [6.07, 6.45) is 1.93. The van der Waals surface area contributed by atoms with E-state index in [1.807, 2.05) is 47.8 Å². The highest BCUT2D eigenvalue weighted by atomic mass is 32.1. The number of aromatic nitrogens is 2. The van der Waals surface area contributed by atoms with E-state index >= 15 is 0 Å². The van der Waals surface area contributed by atoms with Gasteiger partial charge in [0.25, 0.3) is 0 Å². The minimum atomic E-state index is -0.106. The lowest BCUT2D eigenvalue weighted by atomic mass is 10.2. The number of rotatable bonds is 6. The molecular formula is C19H18N4O2S. The van der Waals surface area contributed by atoms with E-state index in [1.54, 1.807) is 6.20 Å². The Hall–Kier alpha value is -3.06. The van der Waals surface area contributed by atoms with Crippen LogP contribution < -0.4 is 10.6 Å². The van der Waals surface area contributed by atoms with Crippen molar-refractivity contribution in [2.24, 2.45) is 0 Å². The molecule has 6 nitrogen and oxygen atoms in total. The maximum Gasteiger partial charge on any atom is 0.226 e. The van der Waals surface area contributed by atoms with Crippen LogP contribution in [0.3, 0.4) is 0 Å². The summed E-state index contributed by atoms with van der Waals surface area (Å²) in [5.74, 6) is -0.195. The van der Waals surface area contributed by atoms with Crippen molar-refractivity contribution in [3.8, 4) is 10.6 Å². The first kappa shape index (κ1) is 17.8. The highest BCUT2D eigenvalue weighted by molar-refractivity contribution is 7.13. The molecule has 0 aliphatic rings. The fraction of sp³-hybridized carbons (Fsp3) is 0.158. The van der Waals surface area contributed by atoms with Crippen LogP contribution in [0.5, 0.6) is 0 Å². The molecule has 0 aliphatic carbocycles. The van der Waals surface area contributed by atoms with E-state index in [0.29, 0.717) is 6.54 Å². The van der Waals surface area contributed by atoms with Crippen LogP contribution in [0.25, 0.3) is 10.6 Å². The Morgan fingerprint density at radius 2 is 1.88 bits per heavy atom. The fourth-order valence-electron chi connectivity index (χ4n) is 2.34. The summed E-state index contributed by atoms with van der Waals surface area (Å²) in [5.41, 5.74) is 3.24. The Morgan fingerprint density at radius 1 is 1.08 bits per heavy atom. The molecule has 2 amide bonds. The number of pyridine rings is 1. The highest BCUT2D eigenvalue weighted by Gasteiger charge is 2.09. The van der Waals surface area contributed by atoms with E-state index in [-0.39, 0.29) is 18.2 Å². The molecule has 0 bridgehead atoms. The SMILES string of the molecule is CC(=O)Nc1ccc(-c2nc(CC(=O)NCc3ccccn3)cs2)cc1. The van der Waals surface area contributed by atoms with Crippen LogP contribution in [0.2, 0.25) is 0 Å². The predicted octanol–water partition coefficient (Wildman–Crippen LogP) is 3.02. The Balaban J connectivity index is 1.57. The number of thiazole rings is 1. The first-order valence-electron chi connectivity index (χ1n) is 8.09. The molecule has 132 valence electrons. The molecule has 0 atom stereocenters. The van der Waals surface area contributed by atoms with Crippen molar-refractivity contribution in [3.63, 3.8) is 0 Å². The number of nitrogens with zero attached hydrogens (tertiary/aromatic N) is 2. The fourth-order valence-corrected chi connectivity index (χ4v) is 3.16. The van der Waals surface area contributed by atoms with Gasteiger partial charge >= 0.3 is 0 Å². The van der Waals surface area contributed by atoms with Crippen LogP contribution in [0, 0.1) is 0 Å². The van der Waals surface area contributed by atoms with Gasteiger partial charge in [-0.2, -0.15) is 0 Å². The highest BCUT2D eigenvalue weighted by Crippen LogP contribution is 2.25. The standard InChI is InChI=1S/C19H18N4O2S/c1-13(24)22-15-7-5-14(6-8-15)19-23-17(12-26-19)10-18(25)21-11-16-4-2-3-9-20-16/h2-9,12H,10-11H2,1H3,(H,21,25)(H,22,24). The zero-order chi connectivity index (χ0) is 18.4. The third-order valence-electron chi connectivity index (χ3n) is 3.54. The summed E-state index contributed by atoms with van der Waals surface area (Å²) in [7, 11) is 0. The van der Waals surface area contributed by atoms with E-state index in [0.717, 1.165) is 27.6 Å². The minimum Gasteiger partial charge on any atom is -0.350 e. The van der Waals surface area contributed by atoms with Gasteiger partial charge in [0.2, 0.25) is 11.8 Å². The molecule has 0 fully saturated rings. The molecule has 0 unspecified atom stereocenters. The number of hydrogen-bond acceptors (Lipinski definition) is 5. The first-order valence-corrected chi connectivity index (χ1v) is 8.97. The summed E-state index contributed by atoms with van der Waals surface area (Å²) in [5, 5.41) is 8.30. The van der Waals surface area contributed by atoms with E-state index in [9.17, 15) is 9.59 Å². The average molecular weight is 366 g/mol. The van der Waals surface area contributed by atoms with Crippen LogP contribution in [0.15, 0.2) is 54.0 Å². The normalized spacial score (nSPS) is 10.3. The van der Waals surface area contributed by atoms with E-state index in [1.165, 1.54) is 18.3 Å². The number of benzene rings is 1. The number of nitrogens with one attached hydrogen (secondary N) is 2. The predicted molar refractivity (Wildman–Crippen MR) is 102 cm³/mol. The van der Waals surface area contributed by atoms with Crippen LogP contribution in [0.1, 0.15) is 18.3 Å². The van der Waals surface area contributed by atoms with Gasteiger partial charge in [-0.25, -0.2) is 4.98 Å². The summed E-state index contributed by atoms with van der Waals surface area (Å²) < 4.78 is 0. The maximum absolute atomic E-state index is 12.1. The molecule has 26 heavy (non-hydrogen) atoms. The van der Waals surface area contributed by atoms with Crippen molar-refractivity contribution < 1.29 is 9.59 Å².